The first-order valence-electron chi connectivity index (χ1n) is 7.26. The summed E-state index contributed by atoms with van der Waals surface area (Å²) in [5.74, 6) is 6.26. The van der Waals surface area contributed by atoms with Crippen LogP contribution in [-0.2, 0) is 0 Å². The Bertz CT molecular complexity index is 492. The molecule has 1 amide bonds. The Balaban J connectivity index is 1.69. The van der Waals surface area contributed by atoms with Crippen LogP contribution in [0.5, 0.6) is 0 Å². The van der Waals surface area contributed by atoms with Crippen molar-refractivity contribution in [2.24, 2.45) is 5.92 Å². The summed E-state index contributed by atoms with van der Waals surface area (Å²) in [7, 11) is 0. The van der Waals surface area contributed by atoms with E-state index in [1.54, 1.807) is 6.07 Å². The molecule has 0 atom stereocenters. The molecule has 1 aliphatic rings. The molecule has 4 heteroatoms. The van der Waals surface area contributed by atoms with Crippen molar-refractivity contribution in [1.82, 2.24) is 5.32 Å². The fourth-order valence-electron chi connectivity index (χ4n) is 2.64. The smallest absolute Gasteiger partial charge is 0.252 e. The number of hydrogen-bond acceptors (Lipinski definition) is 3. The molecule has 3 nitrogen and oxygen atoms in total. The quantitative estimate of drug-likeness (QED) is 0.647. The van der Waals surface area contributed by atoms with Crippen LogP contribution in [0.3, 0.4) is 0 Å². The molecule has 1 aliphatic carbocycles. The molecule has 20 heavy (non-hydrogen) atoms. The molecule has 2 N–H and O–H groups in total. The lowest BCUT2D eigenvalue weighted by molar-refractivity contribution is 0.0953. The van der Waals surface area contributed by atoms with Crippen LogP contribution < -0.4 is 5.32 Å². The van der Waals surface area contributed by atoms with Gasteiger partial charge in [0.15, 0.2) is 0 Å². The maximum Gasteiger partial charge on any atom is 0.252 e. The van der Waals surface area contributed by atoms with Crippen molar-refractivity contribution in [2.75, 3.05) is 13.2 Å². The molecular weight excluding hydrogens is 270 g/mol. The van der Waals surface area contributed by atoms with E-state index in [-0.39, 0.29) is 12.5 Å². The van der Waals surface area contributed by atoms with Crippen LogP contribution >= 0.6 is 11.3 Å². The van der Waals surface area contributed by atoms with Crippen LogP contribution in [0.25, 0.3) is 0 Å². The van der Waals surface area contributed by atoms with Gasteiger partial charge in [-0.2, -0.15) is 0 Å². The van der Waals surface area contributed by atoms with E-state index >= 15 is 0 Å². The highest BCUT2D eigenvalue weighted by Crippen LogP contribution is 2.28. The lowest BCUT2D eigenvalue weighted by atomic mass is 10.0. The lowest BCUT2D eigenvalue weighted by Gasteiger charge is -2.08. The zero-order chi connectivity index (χ0) is 14.2. The molecule has 1 fully saturated rings. The molecule has 1 aromatic rings. The summed E-state index contributed by atoms with van der Waals surface area (Å²) in [5.41, 5.74) is 0.665. The minimum Gasteiger partial charge on any atom is -0.384 e. The Morgan fingerprint density at radius 2 is 2.25 bits per heavy atom. The van der Waals surface area contributed by atoms with Gasteiger partial charge >= 0.3 is 0 Å². The SMILES string of the molecule is O=C(NCCCC1CCCC1)c1csc(C#CCO)c1. The fraction of sp³-hybridized carbons (Fsp3) is 0.562. The van der Waals surface area contributed by atoms with Gasteiger partial charge in [0, 0.05) is 11.9 Å². The van der Waals surface area contributed by atoms with Crippen LogP contribution in [0, 0.1) is 17.8 Å². The third-order valence-electron chi connectivity index (χ3n) is 3.70. The number of amides is 1. The first-order chi connectivity index (χ1) is 9.79. The Morgan fingerprint density at radius 1 is 1.45 bits per heavy atom. The highest BCUT2D eigenvalue weighted by molar-refractivity contribution is 7.10. The largest absolute Gasteiger partial charge is 0.384 e. The van der Waals surface area contributed by atoms with E-state index in [0.29, 0.717) is 5.56 Å². The number of carbonyl (C=O) groups is 1. The van der Waals surface area contributed by atoms with Gasteiger partial charge in [0.2, 0.25) is 0 Å². The van der Waals surface area contributed by atoms with Crippen LogP contribution in [0.15, 0.2) is 11.4 Å². The average Bonchev–Trinajstić information content (AvgIpc) is 3.12. The van der Waals surface area contributed by atoms with E-state index in [9.17, 15) is 4.79 Å². The molecule has 0 bridgehead atoms. The van der Waals surface area contributed by atoms with Gasteiger partial charge in [-0.25, -0.2) is 0 Å². The molecule has 2 rings (SSSR count). The summed E-state index contributed by atoms with van der Waals surface area (Å²) in [5, 5.41) is 13.4. The van der Waals surface area contributed by atoms with Crippen molar-refractivity contribution in [3.8, 4) is 11.8 Å². The Labute approximate surface area is 124 Å². The van der Waals surface area contributed by atoms with Crippen LogP contribution in [0.2, 0.25) is 0 Å². The van der Waals surface area contributed by atoms with E-state index < -0.39 is 0 Å². The summed E-state index contributed by atoms with van der Waals surface area (Å²) in [6, 6.07) is 1.78. The normalized spacial score (nSPS) is 14.8. The summed E-state index contributed by atoms with van der Waals surface area (Å²) in [4.78, 5) is 12.7. The van der Waals surface area contributed by atoms with E-state index in [0.717, 1.165) is 23.8 Å². The third-order valence-corrected chi connectivity index (χ3v) is 4.55. The zero-order valence-corrected chi connectivity index (χ0v) is 12.5. The second kappa shape index (κ2) is 8.08. The monoisotopic (exact) mass is 291 g/mol. The number of aliphatic hydroxyl groups excluding tert-OH is 1. The molecule has 1 aromatic heterocycles. The van der Waals surface area contributed by atoms with E-state index in [1.165, 1.54) is 43.4 Å². The molecule has 0 aliphatic heterocycles. The predicted molar refractivity (Wildman–Crippen MR) is 81.8 cm³/mol. The Kier molecular flexibility index (Phi) is 6.10. The predicted octanol–water partition coefficient (Wildman–Crippen LogP) is 2.79. The highest BCUT2D eigenvalue weighted by atomic mass is 32.1. The molecule has 1 heterocycles. The maximum atomic E-state index is 11.9. The van der Waals surface area contributed by atoms with E-state index in [2.05, 4.69) is 17.2 Å². The van der Waals surface area contributed by atoms with Crippen molar-refractivity contribution >= 4 is 17.2 Å². The topological polar surface area (TPSA) is 49.3 Å². The number of thiophene rings is 1. The fourth-order valence-corrected chi connectivity index (χ4v) is 3.40. The van der Waals surface area contributed by atoms with Gasteiger partial charge in [0.1, 0.15) is 6.61 Å². The number of hydrogen-bond donors (Lipinski definition) is 2. The average molecular weight is 291 g/mol. The van der Waals surface area contributed by atoms with E-state index in [1.807, 2.05) is 5.38 Å². The van der Waals surface area contributed by atoms with Crippen LogP contribution in [-0.4, -0.2) is 24.2 Å². The molecule has 0 unspecified atom stereocenters. The number of rotatable bonds is 5. The number of aliphatic hydroxyl groups is 1. The third kappa shape index (κ3) is 4.66. The van der Waals surface area contributed by atoms with Gasteiger partial charge in [-0.1, -0.05) is 37.5 Å². The first kappa shape index (κ1) is 15.1. The molecule has 0 saturated heterocycles. The lowest BCUT2D eigenvalue weighted by Crippen LogP contribution is -2.24. The van der Waals surface area contributed by atoms with Gasteiger partial charge in [0.05, 0.1) is 10.4 Å². The Hall–Kier alpha value is -1.31. The minimum absolute atomic E-state index is 0.0234. The van der Waals surface area contributed by atoms with Crippen molar-refractivity contribution in [1.29, 1.82) is 0 Å². The van der Waals surface area contributed by atoms with Gasteiger partial charge < -0.3 is 10.4 Å². The van der Waals surface area contributed by atoms with Crippen molar-refractivity contribution in [2.45, 2.75) is 38.5 Å². The van der Waals surface area contributed by atoms with Gasteiger partial charge in [0.25, 0.3) is 5.91 Å². The molecule has 1 saturated carbocycles. The summed E-state index contributed by atoms with van der Waals surface area (Å²) in [6.45, 7) is 0.601. The highest BCUT2D eigenvalue weighted by Gasteiger charge is 2.14. The summed E-state index contributed by atoms with van der Waals surface area (Å²) < 4.78 is 0. The van der Waals surface area contributed by atoms with Gasteiger partial charge in [-0.3, -0.25) is 4.79 Å². The van der Waals surface area contributed by atoms with Crippen LogP contribution in [0.4, 0.5) is 0 Å². The Morgan fingerprint density at radius 3 is 3.00 bits per heavy atom. The second-order valence-corrected chi connectivity index (χ2v) is 6.12. The second-order valence-electron chi connectivity index (χ2n) is 5.21. The minimum atomic E-state index is -0.152. The molecule has 108 valence electrons. The molecule has 0 aromatic carbocycles. The van der Waals surface area contributed by atoms with Crippen LogP contribution in [0.1, 0.15) is 53.8 Å². The number of carbonyl (C=O) groups excluding carboxylic acids is 1. The summed E-state index contributed by atoms with van der Waals surface area (Å²) in [6.07, 6.45) is 7.79. The maximum absolute atomic E-state index is 11.9. The molecule has 0 spiro atoms. The van der Waals surface area contributed by atoms with Crippen molar-refractivity contribution < 1.29 is 9.90 Å². The van der Waals surface area contributed by atoms with Crippen molar-refractivity contribution in [3.63, 3.8) is 0 Å². The first-order valence-corrected chi connectivity index (χ1v) is 8.14. The zero-order valence-electron chi connectivity index (χ0n) is 11.7. The standard InChI is InChI=1S/C16H21NO2S/c18-10-4-8-15-11-14(12-20-15)16(19)17-9-3-7-13-5-1-2-6-13/h11-13,18H,1-3,5-7,9-10H2,(H,17,19). The van der Waals surface area contributed by atoms with Crippen molar-refractivity contribution in [3.05, 3.63) is 21.9 Å². The molecular formula is C16H21NO2S. The van der Waals surface area contributed by atoms with Gasteiger partial charge in [-0.05, 0) is 24.8 Å². The summed E-state index contributed by atoms with van der Waals surface area (Å²) >= 11 is 1.43. The van der Waals surface area contributed by atoms with E-state index in [4.69, 9.17) is 5.11 Å². The molecule has 0 radical (unpaired) electrons. The van der Waals surface area contributed by atoms with Gasteiger partial charge in [-0.15, -0.1) is 11.3 Å². The number of nitrogens with one attached hydrogen (secondary N) is 1.